The van der Waals surface area contributed by atoms with Gasteiger partial charge in [0.1, 0.15) is 9.71 Å². The van der Waals surface area contributed by atoms with Crippen LogP contribution in [0.4, 0.5) is 5.69 Å². The number of hydrogen-bond acceptors (Lipinski definition) is 7. The molecule has 0 aliphatic rings. The van der Waals surface area contributed by atoms with Crippen molar-refractivity contribution in [2.75, 3.05) is 5.73 Å². The average molecular weight is 416 g/mol. The molecule has 148 valence electrons. The molecule has 3 aromatic heterocycles. The number of nitrogen functional groups attached to an aromatic ring is 1. The van der Waals surface area contributed by atoms with Gasteiger partial charge in [-0.15, -0.1) is 22.7 Å². The van der Waals surface area contributed by atoms with Gasteiger partial charge in [-0.1, -0.05) is 20.8 Å². The maximum absolute atomic E-state index is 12.7. The number of fused-ring (bicyclic) bond motifs is 1. The molecule has 0 saturated carbocycles. The molecule has 6 nitrogen and oxygen atoms in total. The van der Waals surface area contributed by atoms with Crippen LogP contribution in [-0.2, 0) is 5.41 Å². The first kappa shape index (κ1) is 20.4. The Labute approximate surface area is 172 Å². The molecule has 0 spiro atoms. The smallest absolute Gasteiger partial charge is 0.283 e. The Balaban J connectivity index is 1.88. The maximum atomic E-state index is 12.7. The highest BCUT2D eigenvalue weighted by atomic mass is 32.1. The third kappa shape index (κ3) is 3.79. The molecule has 3 N–H and O–H groups in total. The number of carbonyl (C=O) groups is 1. The van der Waals surface area contributed by atoms with Crippen molar-refractivity contribution < 1.29 is 4.79 Å². The Hall–Kier alpha value is -2.32. The molecule has 0 radical (unpaired) electrons. The monoisotopic (exact) mass is 415 g/mol. The van der Waals surface area contributed by atoms with E-state index in [4.69, 9.17) is 5.73 Å². The van der Waals surface area contributed by atoms with E-state index in [2.05, 4.69) is 41.3 Å². The molecule has 0 unspecified atom stereocenters. The molecule has 28 heavy (non-hydrogen) atoms. The van der Waals surface area contributed by atoms with Gasteiger partial charge in [-0.05, 0) is 39.3 Å². The van der Waals surface area contributed by atoms with Crippen LogP contribution in [0.15, 0.2) is 11.2 Å². The molecule has 1 amide bonds. The van der Waals surface area contributed by atoms with Crippen LogP contribution in [-0.4, -0.2) is 21.6 Å². The van der Waals surface area contributed by atoms with Gasteiger partial charge in [0, 0.05) is 16.5 Å². The summed E-state index contributed by atoms with van der Waals surface area (Å²) >= 11 is 2.90. The van der Waals surface area contributed by atoms with Crippen LogP contribution in [0.2, 0.25) is 0 Å². The van der Waals surface area contributed by atoms with Gasteiger partial charge >= 0.3 is 0 Å². The summed E-state index contributed by atoms with van der Waals surface area (Å²) in [6.45, 7) is 14.1. The lowest BCUT2D eigenvalue weighted by atomic mass is 9.98. The van der Waals surface area contributed by atoms with E-state index in [9.17, 15) is 4.79 Å². The molecule has 3 heterocycles. The van der Waals surface area contributed by atoms with Crippen LogP contribution in [0.3, 0.4) is 0 Å². The Morgan fingerprint density at radius 2 is 1.82 bits per heavy atom. The number of rotatable bonds is 3. The molecule has 0 atom stereocenters. The zero-order valence-corrected chi connectivity index (χ0v) is 18.9. The molecule has 0 fully saturated rings. The number of amides is 1. The molecular weight excluding hydrogens is 390 g/mol. The van der Waals surface area contributed by atoms with Gasteiger partial charge in [-0.2, -0.15) is 5.10 Å². The Morgan fingerprint density at radius 1 is 1.14 bits per heavy atom. The van der Waals surface area contributed by atoms with Gasteiger partial charge in [0.2, 0.25) is 0 Å². The second-order valence-corrected chi connectivity index (χ2v) is 9.93. The van der Waals surface area contributed by atoms with E-state index < -0.39 is 0 Å². The second-order valence-electron chi connectivity index (χ2n) is 7.93. The lowest BCUT2D eigenvalue weighted by molar-refractivity contribution is 0.0959. The Bertz CT molecular complexity index is 1100. The summed E-state index contributed by atoms with van der Waals surface area (Å²) < 4.78 is 0. The molecule has 0 bridgehead atoms. The van der Waals surface area contributed by atoms with Crippen molar-refractivity contribution in [1.29, 1.82) is 0 Å². The van der Waals surface area contributed by atoms with Crippen LogP contribution in [0.1, 0.15) is 64.2 Å². The predicted molar refractivity (Wildman–Crippen MR) is 119 cm³/mol. The highest BCUT2D eigenvalue weighted by molar-refractivity contribution is 7.21. The molecule has 3 rings (SSSR count). The highest BCUT2D eigenvalue weighted by Crippen LogP contribution is 2.35. The van der Waals surface area contributed by atoms with Gasteiger partial charge in [0.15, 0.2) is 0 Å². The lowest BCUT2D eigenvalue weighted by Gasteiger charge is -2.13. The van der Waals surface area contributed by atoms with E-state index in [-0.39, 0.29) is 11.3 Å². The number of nitrogens with zero attached hydrogens (tertiary/aromatic N) is 3. The summed E-state index contributed by atoms with van der Waals surface area (Å²) in [6, 6.07) is 1.97. The van der Waals surface area contributed by atoms with Gasteiger partial charge in [0.05, 0.1) is 27.0 Å². The quantitative estimate of drug-likeness (QED) is 0.478. The van der Waals surface area contributed by atoms with Crippen molar-refractivity contribution >= 4 is 50.2 Å². The number of nitrogens with one attached hydrogen (secondary N) is 1. The second kappa shape index (κ2) is 7.25. The third-order valence-corrected chi connectivity index (χ3v) is 7.11. The first-order chi connectivity index (χ1) is 13.0. The van der Waals surface area contributed by atoms with Gasteiger partial charge in [0.25, 0.3) is 5.91 Å². The summed E-state index contributed by atoms with van der Waals surface area (Å²) in [5.74, 6) is -0.324. The van der Waals surface area contributed by atoms with Crippen molar-refractivity contribution in [3.8, 4) is 0 Å². The van der Waals surface area contributed by atoms with Crippen molar-refractivity contribution in [2.45, 2.75) is 53.9 Å². The molecular formula is C20H25N5OS2. The SMILES string of the molecule is C/C(=N\NC(=O)c1sc2nc(C)cc(C)c2c1N)c1sc(C(C)(C)C)nc1C. The lowest BCUT2D eigenvalue weighted by Crippen LogP contribution is -2.19. The van der Waals surface area contributed by atoms with Crippen LogP contribution < -0.4 is 11.2 Å². The zero-order valence-electron chi connectivity index (χ0n) is 17.2. The minimum Gasteiger partial charge on any atom is -0.397 e. The van der Waals surface area contributed by atoms with Crippen molar-refractivity contribution in [2.24, 2.45) is 5.10 Å². The molecule has 8 heteroatoms. The number of hydrogen-bond donors (Lipinski definition) is 2. The Kier molecular flexibility index (Phi) is 5.29. The minimum atomic E-state index is -0.324. The highest BCUT2D eigenvalue weighted by Gasteiger charge is 2.22. The van der Waals surface area contributed by atoms with E-state index in [0.717, 1.165) is 42.8 Å². The van der Waals surface area contributed by atoms with Gasteiger partial charge in [-0.25, -0.2) is 15.4 Å². The summed E-state index contributed by atoms with van der Waals surface area (Å²) in [4.78, 5) is 24.0. The molecule has 0 aliphatic carbocycles. The fourth-order valence-electron chi connectivity index (χ4n) is 2.93. The number of anilines is 1. The fourth-order valence-corrected chi connectivity index (χ4v) is 5.10. The van der Waals surface area contributed by atoms with Crippen molar-refractivity contribution in [3.05, 3.63) is 37.8 Å². The summed E-state index contributed by atoms with van der Waals surface area (Å²) in [7, 11) is 0. The number of thiophene rings is 1. The fraction of sp³-hybridized carbons (Fsp3) is 0.400. The molecule has 0 saturated heterocycles. The van der Waals surface area contributed by atoms with Crippen LogP contribution in [0.5, 0.6) is 0 Å². The largest absolute Gasteiger partial charge is 0.397 e. The number of nitrogens with two attached hydrogens (primary N) is 1. The van der Waals surface area contributed by atoms with Gasteiger partial charge in [-0.3, -0.25) is 4.79 Å². The first-order valence-electron chi connectivity index (χ1n) is 8.98. The summed E-state index contributed by atoms with van der Waals surface area (Å²) in [5.41, 5.74) is 12.9. The van der Waals surface area contributed by atoms with Crippen molar-refractivity contribution in [1.82, 2.24) is 15.4 Å². The number of thiazole rings is 1. The van der Waals surface area contributed by atoms with Crippen LogP contribution in [0.25, 0.3) is 10.2 Å². The molecule has 0 aliphatic heterocycles. The number of pyridine rings is 1. The predicted octanol–water partition coefficient (Wildman–Crippen LogP) is 4.71. The molecule has 0 aromatic carbocycles. The number of hydrazone groups is 1. The van der Waals surface area contributed by atoms with Crippen molar-refractivity contribution in [3.63, 3.8) is 0 Å². The third-order valence-electron chi connectivity index (χ3n) is 4.32. The minimum absolute atomic E-state index is 0.0221. The molecule has 3 aromatic rings. The Morgan fingerprint density at radius 3 is 2.43 bits per heavy atom. The van der Waals surface area contributed by atoms with E-state index >= 15 is 0 Å². The van der Waals surface area contributed by atoms with E-state index in [1.165, 1.54) is 11.3 Å². The standard InChI is InChI=1S/C20H25N5OS2/c1-9-8-10(2)22-18-13(9)14(21)16(27-18)17(26)25-24-12(4)15-11(3)23-19(28-15)20(5,6)7/h8H,21H2,1-7H3,(H,25,26)/b24-12+. The van der Waals surface area contributed by atoms with E-state index in [1.807, 2.05) is 33.8 Å². The van der Waals surface area contributed by atoms with E-state index in [1.54, 1.807) is 11.3 Å². The first-order valence-corrected chi connectivity index (χ1v) is 10.6. The maximum Gasteiger partial charge on any atom is 0.283 e. The topological polar surface area (TPSA) is 93.3 Å². The van der Waals surface area contributed by atoms with Crippen LogP contribution >= 0.6 is 22.7 Å². The summed E-state index contributed by atoms with van der Waals surface area (Å²) in [6.07, 6.45) is 0. The average Bonchev–Trinajstić information content (AvgIpc) is 3.12. The van der Waals surface area contributed by atoms with Crippen LogP contribution in [0, 0.1) is 20.8 Å². The zero-order chi connectivity index (χ0) is 20.8. The summed E-state index contributed by atoms with van der Waals surface area (Å²) in [5, 5.41) is 6.19. The number of carbonyl (C=O) groups excluding carboxylic acids is 1. The normalized spacial score (nSPS) is 12.6. The van der Waals surface area contributed by atoms with E-state index in [0.29, 0.717) is 10.6 Å². The number of aryl methyl sites for hydroxylation is 3. The number of aromatic nitrogens is 2. The van der Waals surface area contributed by atoms with Gasteiger partial charge < -0.3 is 5.73 Å².